The second-order valence-corrected chi connectivity index (χ2v) is 7.08. The van der Waals surface area contributed by atoms with Crippen molar-refractivity contribution in [2.75, 3.05) is 20.1 Å². The number of carbonyl (C=O) groups is 1. The number of amides is 1. The standard InChI is InChI=1S/C19H25N5O2/c1-19(2,3)26-18(25)22-9-10-23(4)13-17-12-21-14-24(17)16-7-5-15(11-20)6-8-16/h5-8,12,14H,9-10,13H2,1-4H3,(H,22,25). The monoisotopic (exact) mass is 355 g/mol. The van der Waals surface area contributed by atoms with Crippen molar-refractivity contribution in [2.24, 2.45) is 0 Å². The summed E-state index contributed by atoms with van der Waals surface area (Å²) in [7, 11) is 1.98. The van der Waals surface area contributed by atoms with Crippen molar-refractivity contribution in [3.63, 3.8) is 0 Å². The first-order valence-electron chi connectivity index (χ1n) is 8.45. The van der Waals surface area contributed by atoms with Crippen molar-refractivity contribution in [3.05, 3.63) is 48.0 Å². The molecule has 0 unspecified atom stereocenters. The van der Waals surface area contributed by atoms with Gasteiger partial charge in [0.2, 0.25) is 0 Å². The number of rotatable bonds is 6. The molecule has 1 aromatic carbocycles. The van der Waals surface area contributed by atoms with Crippen molar-refractivity contribution < 1.29 is 9.53 Å². The van der Waals surface area contributed by atoms with Crippen LogP contribution in [0.15, 0.2) is 36.8 Å². The first-order chi connectivity index (χ1) is 12.3. The van der Waals surface area contributed by atoms with Crippen LogP contribution in [0, 0.1) is 11.3 Å². The minimum atomic E-state index is -0.496. The molecule has 7 nitrogen and oxygen atoms in total. The van der Waals surface area contributed by atoms with Crippen LogP contribution in [0.3, 0.4) is 0 Å². The predicted molar refractivity (Wildman–Crippen MR) is 98.8 cm³/mol. The Balaban J connectivity index is 1.88. The number of imidazole rings is 1. The fourth-order valence-corrected chi connectivity index (χ4v) is 2.39. The summed E-state index contributed by atoms with van der Waals surface area (Å²) in [5.74, 6) is 0. The highest BCUT2D eigenvalue weighted by Crippen LogP contribution is 2.13. The van der Waals surface area contributed by atoms with Crippen LogP contribution in [0.25, 0.3) is 5.69 Å². The molecule has 0 aliphatic rings. The Bertz CT molecular complexity index is 768. The summed E-state index contributed by atoms with van der Waals surface area (Å²) in [6, 6.07) is 9.48. The molecule has 138 valence electrons. The van der Waals surface area contributed by atoms with Crippen molar-refractivity contribution in [2.45, 2.75) is 32.9 Å². The first-order valence-corrected chi connectivity index (χ1v) is 8.45. The third kappa shape index (κ3) is 5.90. The number of ether oxygens (including phenoxy) is 1. The van der Waals surface area contributed by atoms with Crippen LogP contribution in [0.4, 0.5) is 4.79 Å². The summed E-state index contributed by atoms with van der Waals surface area (Å²) < 4.78 is 7.20. The molecule has 0 fully saturated rings. The van der Waals surface area contributed by atoms with E-state index in [1.807, 2.05) is 50.7 Å². The molecule has 0 saturated heterocycles. The van der Waals surface area contributed by atoms with E-state index in [0.29, 0.717) is 25.2 Å². The molecule has 7 heteroatoms. The average Bonchev–Trinajstić information content (AvgIpc) is 3.01. The fourth-order valence-electron chi connectivity index (χ4n) is 2.39. The summed E-state index contributed by atoms with van der Waals surface area (Å²) in [5, 5.41) is 11.7. The van der Waals surface area contributed by atoms with Crippen LogP contribution in [-0.2, 0) is 11.3 Å². The second-order valence-electron chi connectivity index (χ2n) is 7.08. The topological polar surface area (TPSA) is 83.2 Å². The highest BCUT2D eigenvalue weighted by atomic mass is 16.6. The summed E-state index contributed by atoms with van der Waals surface area (Å²) in [5.41, 5.74) is 2.11. The van der Waals surface area contributed by atoms with Crippen molar-refractivity contribution in [3.8, 4) is 11.8 Å². The summed E-state index contributed by atoms with van der Waals surface area (Å²) >= 11 is 0. The zero-order valence-electron chi connectivity index (χ0n) is 15.7. The molecule has 0 bridgehead atoms. The molecule has 26 heavy (non-hydrogen) atoms. The molecule has 0 saturated carbocycles. The van der Waals surface area contributed by atoms with E-state index in [-0.39, 0.29) is 0 Å². The number of nitrogens with zero attached hydrogens (tertiary/aromatic N) is 4. The Morgan fingerprint density at radius 2 is 2.04 bits per heavy atom. The Morgan fingerprint density at radius 1 is 1.35 bits per heavy atom. The van der Waals surface area contributed by atoms with E-state index in [2.05, 4.69) is 21.3 Å². The van der Waals surface area contributed by atoms with E-state index in [4.69, 9.17) is 10.00 Å². The molecule has 0 radical (unpaired) electrons. The quantitative estimate of drug-likeness (QED) is 0.861. The number of hydrogen-bond acceptors (Lipinski definition) is 5. The number of hydrogen-bond donors (Lipinski definition) is 1. The van der Waals surface area contributed by atoms with E-state index in [9.17, 15) is 4.79 Å². The number of carbonyl (C=O) groups excluding carboxylic acids is 1. The van der Waals surface area contributed by atoms with Gasteiger partial charge in [0, 0.05) is 31.5 Å². The van der Waals surface area contributed by atoms with E-state index in [1.165, 1.54) is 0 Å². The van der Waals surface area contributed by atoms with Gasteiger partial charge in [-0.2, -0.15) is 5.26 Å². The average molecular weight is 355 g/mol. The number of benzene rings is 1. The summed E-state index contributed by atoms with van der Waals surface area (Å²) in [6.45, 7) is 7.36. The lowest BCUT2D eigenvalue weighted by Gasteiger charge is -2.21. The number of nitriles is 1. The molecular weight excluding hydrogens is 330 g/mol. The van der Waals surface area contributed by atoms with Gasteiger partial charge in [-0.3, -0.25) is 4.90 Å². The molecule has 0 aliphatic heterocycles. The predicted octanol–water partition coefficient (Wildman–Crippen LogP) is 2.70. The second kappa shape index (κ2) is 8.50. The van der Waals surface area contributed by atoms with Gasteiger partial charge in [-0.05, 0) is 52.1 Å². The van der Waals surface area contributed by atoms with E-state index in [1.54, 1.807) is 18.5 Å². The highest BCUT2D eigenvalue weighted by molar-refractivity contribution is 5.67. The lowest BCUT2D eigenvalue weighted by Crippen LogP contribution is -2.36. The zero-order valence-corrected chi connectivity index (χ0v) is 15.7. The maximum absolute atomic E-state index is 11.7. The van der Waals surface area contributed by atoms with Crippen LogP contribution in [-0.4, -0.2) is 46.3 Å². The molecular formula is C19H25N5O2. The van der Waals surface area contributed by atoms with Gasteiger partial charge < -0.3 is 14.6 Å². The van der Waals surface area contributed by atoms with Gasteiger partial charge in [0.05, 0.1) is 23.7 Å². The Labute approximate surface area is 154 Å². The normalized spacial score (nSPS) is 11.2. The van der Waals surface area contributed by atoms with Gasteiger partial charge in [-0.15, -0.1) is 0 Å². The Hall–Kier alpha value is -2.85. The van der Waals surface area contributed by atoms with Gasteiger partial charge in [0.25, 0.3) is 0 Å². The van der Waals surface area contributed by atoms with Crippen LogP contribution < -0.4 is 5.32 Å². The molecule has 1 aromatic heterocycles. The van der Waals surface area contributed by atoms with Crippen LogP contribution >= 0.6 is 0 Å². The van der Waals surface area contributed by atoms with Crippen LogP contribution in [0.1, 0.15) is 32.0 Å². The molecule has 0 spiro atoms. The van der Waals surface area contributed by atoms with Gasteiger partial charge in [0.1, 0.15) is 5.60 Å². The Kier molecular flexibility index (Phi) is 6.36. The van der Waals surface area contributed by atoms with Gasteiger partial charge in [-0.25, -0.2) is 9.78 Å². The van der Waals surface area contributed by atoms with Gasteiger partial charge in [0.15, 0.2) is 0 Å². The van der Waals surface area contributed by atoms with Crippen LogP contribution in [0.5, 0.6) is 0 Å². The maximum atomic E-state index is 11.7. The smallest absolute Gasteiger partial charge is 0.407 e. The third-order valence-electron chi connectivity index (χ3n) is 3.58. The van der Waals surface area contributed by atoms with Crippen molar-refractivity contribution in [1.82, 2.24) is 19.8 Å². The van der Waals surface area contributed by atoms with Crippen LogP contribution in [0.2, 0.25) is 0 Å². The molecule has 1 N–H and O–H groups in total. The SMILES string of the molecule is CN(CCNC(=O)OC(C)(C)C)Cc1cncn1-c1ccc(C#N)cc1. The number of aromatic nitrogens is 2. The lowest BCUT2D eigenvalue weighted by molar-refractivity contribution is 0.0523. The molecule has 0 aliphatic carbocycles. The highest BCUT2D eigenvalue weighted by Gasteiger charge is 2.15. The zero-order chi connectivity index (χ0) is 19.2. The van der Waals surface area contributed by atoms with Gasteiger partial charge >= 0.3 is 6.09 Å². The van der Waals surface area contributed by atoms with E-state index < -0.39 is 11.7 Å². The van der Waals surface area contributed by atoms with Crippen molar-refractivity contribution in [1.29, 1.82) is 5.26 Å². The number of nitrogens with one attached hydrogen (secondary N) is 1. The molecule has 2 aromatic rings. The number of alkyl carbamates (subject to hydrolysis) is 1. The minimum absolute atomic E-state index is 0.409. The Morgan fingerprint density at radius 3 is 2.65 bits per heavy atom. The number of likely N-dealkylation sites (N-methyl/N-ethyl adjacent to an activating group) is 1. The van der Waals surface area contributed by atoms with Crippen molar-refractivity contribution >= 4 is 6.09 Å². The van der Waals surface area contributed by atoms with E-state index in [0.717, 1.165) is 11.4 Å². The third-order valence-corrected chi connectivity index (χ3v) is 3.58. The van der Waals surface area contributed by atoms with E-state index >= 15 is 0 Å². The summed E-state index contributed by atoms with van der Waals surface area (Å²) in [6.07, 6.45) is 3.16. The molecule has 0 atom stereocenters. The summed E-state index contributed by atoms with van der Waals surface area (Å²) in [4.78, 5) is 18.0. The lowest BCUT2D eigenvalue weighted by atomic mass is 10.2. The molecule has 1 amide bonds. The molecule has 2 rings (SSSR count). The fraction of sp³-hybridized carbons (Fsp3) is 0.421. The molecule has 1 heterocycles. The largest absolute Gasteiger partial charge is 0.444 e. The maximum Gasteiger partial charge on any atom is 0.407 e. The first kappa shape index (κ1) is 19.5. The van der Waals surface area contributed by atoms with Gasteiger partial charge in [-0.1, -0.05) is 0 Å². The minimum Gasteiger partial charge on any atom is -0.444 e.